The van der Waals surface area contributed by atoms with Crippen molar-refractivity contribution in [1.29, 1.82) is 0 Å². The maximum atomic E-state index is 11.4. The maximum absolute atomic E-state index is 11.4. The number of piperazine rings is 1. The zero-order chi connectivity index (χ0) is 21.3. The van der Waals surface area contributed by atoms with Gasteiger partial charge in [0.1, 0.15) is 17.3 Å². The number of nitrogens with two attached hydrogens (primary N) is 1. The number of hydrogen-bond acceptors (Lipinski definition) is 9. The number of nitrogens with zero attached hydrogens (tertiary/aromatic N) is 6. The second-order valence-electron chi connectivity index (χ2n) is 6.99. The summed E-state index contributed by atoms with van der Waals surface area (Å²) >= 11 is 0. The van der Waals surface area contributed by atoms with Crippen molar-refractivity contribution in [2.24, 2.45) is 0 Å². The number of anilines is 2. The molecule has 4 rings (SSSR count). The monoisotopic (exact) mass is 409 g/mol. The first-order valence-electron chi connectivity index (χ1n) is 9.33. The number of nitrogen functional groups attached to an aromatic ring is 1. The Morgan fingerprint density at radius 1 is 0.967 bits per heavy atom. The molecule has 0 saturated carbocycles. The lowest BCUT2D eigenvalue weighted by Crippen LogP contribution is -2.46. The van der Waals surface area contributed by atoms with E-state index in [9.17, 15) is 20.2 Å². The van der Waals surface area contributed by atoms with Crippen LogP contribution in [0.2, 0.25) is 0 Å². The summed E-state index contributed by atoms with van der Waals surface area (Å²) in [6.07, 6.45) is 0. The SMILES string of the molecule is Nc1nc(CN2CCN(c3ccc([N+](=O)[O-])cc3[N+](=O)[O-])CC2)nc2ccccc12. The molecular formula is C19H19N7O4. The van der Waals surface area contributed by atoms with Crippen LogP contribution in [-0.4, -0.2) is 50.9 Å². The Hall–Kier alpha value is -3.86. The molecular weight excluding hydrogens is 390 g/mol. The van der Waals surface area contributed by atoms with E-state index in [0.717, 1.165) is 17.0 Å². The summed E-state index contributed by atoms with van der Waals surface area (Å²) < 4.78 is 0. The lowest BCUT2D eigenvalue weighted by Gasteiger charge is -2.35. The van der Waals surface area contributed by atoms with E-state index in [2.05, 4.69) is 14.9 Å². The Labute approximate surface area is 171 Å². The molecule has 11 heteroatoms. The van der Waals surface area contributed by atoms with E-state index in [-0.39, 0.29) is 11.4 Å². The minimum absolute atomic E-state index is 0.261. The van der Waals surface area contributed by atoms with Gasteiger partial charge in [0, 0.05) is 37.6 Å². The Balaban J connectivity index is 1.47. The number of rotatable bonds is 5. The largest absolute Gasteiger partial charge is 0.383 e. The highest BCUT2D eigenvalue weighted by atomic mass is 16.6. The average molecular weight is 409 g/mol. The fourth-order valence-electron chi connectivity index (χ4n) is 3.61. The van der Waals surface area contributed by atoms with Gasteiger partial charge >= 0.3 is 0 Å². The standard InChI is InChI=1S/C19H19N7O4/c20-19-14-3-1-2-4-15(14)21-18(22-19)12-23-7-9-24(10-8-23)16-6-5-13(25(27)28)11-17(16)26(29)30/h1-6,11H,7-10,12H2,(H2,20,21,22). The van der Waals surface area contributed by atoms with Gasteiger partial charge in [0.2, 0.25) is 0 Å². The van der Waals surface area contributed by atoms with Gasteiger partial charge in [-0.25, -0.2) is 9.97 Å². The second kappa shape index (κ2) is 7.87. The van der Waals surface area contributed by atoms with Gasteiger partial charge in [0.05, 0.1) is 28.0 Å². The van der Waals surface area contributed by atoms with Crippen LogP contribution in [0.15, 0.2) is 42.5 Å². The van der Waals surface area contributed by atoms with Crippen LogP contribution >= 0.6 is 0 Å². The first-order chi connectivity index (χ1) is 14.4. The zero-order valence-electron chi connectivity index (χ0n) is 16.0. The van der Waals surface area contributed by atoms with Crippen LogP contribution in [0.4, 0.5) is 22.9 Å². The summed E-state index contributed by atoms with van der Waals surface area (Å²) in [4.78, 5) is 34.1. The fourth-order valence-corrected chi connectivity index (χ4v) is 3.61. The van der Waals surface area contributed by atoms with Crippen LogP contribution in [0.1, 0.15) is 5.82 Å². The molecule has 2 aromatic carbocycles. The van der Waals surface area contributed by atoms with Gasteiger partial charge < -0.3 is 10.6 Å². The molecule has 1 aliphatic heterocycles. The van der Waals surface area contributed by atoms with Gasteiger partial charge in [-0.05, 0) is 18.2 Å². The minimum atomic E-state index is -0.635. The highest BCUT2D eigenvalue weighted by Crippen LogP contribution is 2.32. The van der Waals surface area contributed by atoms with Gasteiger partial charge in [-0.2, -0.15) is 0 Å². The third-order valence-corrected chi connectivity index (χ3v) is 5.12. The van der Waals surface area contributed by atoms with Crippen molar-refractivity contribution >= 4 is 33.8 Å². The number of aromatic nitrogens is 2. The molecule has 0 bridgehead atoms. The highest BCUT2D eigenvalue weighted by molar-refractivity contribution is 5.87. The molecule has 1 aliphatic rings. The number of fused-ring (bicyclic) bond motifs is 1. The molecule has 1 fully saturated rings. The quantitative estimate of drug-likeness (QED) is 0.495. The van der Waals surface area contributed by atoms with Gasteiger partial charge in [-0.1, -0.05) is 12.1 Å². The number of hydrogen-bond donors (Lipinski definition) is 1. The molecule has 0 spiro atoms. The molecule has 2 N–H and O–H groups in total. The molecule has 2 heterocycles. The summed E-state index contributed by atoms with van der Waals surface area (Å²) in [6.45, 7) is 2.89. The van der Waals surface area contributed by atoms with Crippen molar-refractivity contribution < 1.29 is 9.85 Å². The van der Waals surface area contributed by atoms with E-state index in [4.69, 9.17) is 5.73 Å². The van der Waals surface area contributed by atoms with Crippen molar-refractivity contribution in [1.82, 2.24) is 14.9 Å². The lowest BCUT2D eigenvalue weighted by molar-refractivity contribution is -0.393. The summed E-state index contributed by atoms with van der Waals surface area (Å²) in [5.74, 6) is 1.07. The summed E-state index contributed by atoms with van der Waals surface area (Å²) in [6, 6.07) is 11.3. The second-order valence-corrected chi connectivity index (χ2v) is 6.99. The molecule has 0 radical (unpaired) electrons. The number of nitro groups is 2. The summed E-state index contributed by atoms with van der Waals surface area (Å²) in [5.41, 5.74) is 6.67. The first kappa shape index (κ1) is 19.5. The molecule has 0 amide bonds. The van der Waals surface area contributed by atoms with Gasteiger partial charge in [0.15, 0.2) is 0 Å². The molecule has 154 valence electrons. The number of nitro benzene ring substituents is 2. The molecule has 0 atom stereocenters. The van der Waals surface area contributed by atoms with Crippen molar-refractivity contribution in [2.45, 2.75) is 6.54 Å². The number of para-hydroxylation sites is 1. The van der Waals surface area contributed by atoms with Gasteiger partial charge in [-0.3, -0.25) is 25.1 Å². The van der Waals surface area contributed by atoms with Crippen molar-refractivity contribution in [3.8, 4) is 0 Å². The Kier molecular flexibility index (Phi) is 5.11. The van der Waals surface area contributed by atoms with E-state index in [0.29, 0.717) is 50.1 Å². The van der Waals surface area contributed by atoms with E-state index in [1.807, 2.05) is 29.2 Å². The predicted octanol–water partition coefficient (Wildman–Crippen LogP) is 2.35. The van der Waals surface area contributed by atoms with Crippen molar-refractivity contribution in [3.05, 3.63) is 68.5 Å². The average Bonchev–Trinajstić information content (AvgIpc) is 2.74. The van der Waals surface area contributed by atoms with Crippen LogP contribution in [0.25, 0.3) is 10.9 Å². The van der Waals surface area contributed by atoms with Crippen LogP contribution in [0.5, 0.6) is 0 Å². The smallest absolute Gasteiger partial charge is 0.299 e. The third kappa shape index (κ3) is 3.82. The Morgan fingerprint density at radius 3 is 2.40 bits per heavy atom. The number of benzene rings is 2. The minimum Gasteiger partial charge on any atom is -0.383 e. The van der Waals surface area contributed by atoms with E-state index < -0.39 is 9.85 Å². The molecule has 11 nitrogen and oxygen atoms in total. The van der Waals surface area contributed by atoms with E-state index >= 15 is 0 Å². The van der Waals surface area contributed by atoms with Gasteiger partial charge in [-0.15, -0.1) is 0 Å². The molecule has 3 aromatic rings. The third-order valence-electron chi connectivity index (χ3n) is 5.12. The lowest BCUT2D eigenvalue weighted by atomic mass is 10.2. The van der Waals surface area contributed by atoms with Crippen LogP contribution in [0, 0.1) is 20.2 Å². The molecule has 30 heavy (non-hydrogen) atoms. The van der Waals surface area contributed by atoms with Gasteiger partial charge in [0.25, 0.3) is 11.4 Å². The van der Waals surface area contributed by atoms with Crippen LogP contribution in [-0.2, 0) is 6.54 Å². The van der Waals surface area contributed by atoms with E-state index in [1.54, 1.807) is 0 Å². The molecule has 0 aliphatic carbocycles. The molecule has 1 saturated heterocycles. The molecule has 1 aromatic heterocycles. The number of non-ortho nitro benzene ring substituents is 1. The Bertz CT molecular complexity index is 1130. The maximum Gasteiger partial charge on any atom is 0.299 e. The zero-order valence-corrected chi connectivity index (χ0v) is 16.0. The van der Waals surface area contributed by atoms with E-state index in [1.165, 1.54) is 12.1 Å². The predicted molar refractivity (Wildman–Crippen MR) is 111 cm³/mol. The van der Waals surface area contributed by atoms with Crippen molar-refractivity contribution in [2.75, 3.05) is 36.8 Å². The summed E-state index contributed by atoms with van der Waals surface area (Å²) in [5, 5.41) is 23.1. The highest BCUT2D eigenvalue weighted by Gasteiger charge is 2.26. The fraction of sp³-hybridized carbons (Fsp3) is 0.263. The van der Waals surface area contributed by atoms with Crippen LogP contribution < -0.4 is 10.6 Å². The molecule has 0 unspecified atom stereocenters. The van der Waals surface area contributed by atoms with Crippen LogP contribution in [0.3, 0.4) is 0 Å². The summed E-state index contributed by atoms with van der Waals surface area (Å²) in [7, 11) is 0. The Morgan fingerprint density at radius 2 is 1.70 bits per heavy atom. The van der Waals surface area contributed by atoms with Crippen molar-refractivity contribution in [3.63, 3.8) is 0 Å². The first-order valence-corrected chi connectivity index (χ1v) is 9.33. The normalized spacial score (nSPS) is 14.7. The topological polar surface area (TPSA) is 145 Å².